The highest BCUT2D eigenvalue weighted by Crippen LogP contribution is 2.52. The van der Waals surface area contributed by atoms with Gasteiger partial charge in [0.2, 0.25) is 5.88 Å². The molecule has 0 saturated carbocycles. The molecule has 3 aliphatic heterocycles. The maximum Gasteiger partial charge on any atom is 0.411 e. The molecule has 44 heavy (non-hydrogen) atoms. The monoisotopic (exact) mass is 659 g/mol. The molecule has 0 bridgehead atoms. The van der Waals surface area contributed by atoms with E-state index in [1.165, 1.54) is 37.6 Å². The lowest BCUT2D eigenvalue weighted by Crippen LogP contribution is -2.55. The number of fused-ring (bicyclic) bond motifs is 1. The summed E-state index contributed by atoms with van der Waals surface area (Å²) in [4.78, 5) is 40.0. The number of anilines is 1. The first kappa shape index (κ1) is 30.8. The number of nitrogens with zero attached hydrogens (tertiary/aromatic N) is 5. The largest absolute Gasteiger partial charge is 0.481 e. The lowest BCUT2D eigenvalue weighted by atomic mass is 9.87. The molecule has 0 radical (unpaired) electrons. The van der Waals surface area contributed by atoms with E-state index in [4.69, 9.17) is 21.1 Å². The number of ether oxygens (including phenoxy) is 2. The number of piperidine rings is 1. The average molecular weight is 660 g/mol. The third-order valence-corrected chi connectivity index (χ3v) is 12.0. The first-order valence-corrected chi connectivity index (χ1v) is 17.1. The number of hydrogen-bond donors (Lipinski definition) is 0. The molecular formula is C30H34ClN5O6S2. The minimum atomic E-state index is -4.39. The number of hydrogen-bond acceptors (Lipinski definition) is 10. The average Bonchev–Trinajstić information content (AvgIpc) is 3.57. The van der Waals surface area contributed by atoms with Gasteiger partial charge in [-0.2, -0.15) is 12.7 Å². The Balaban J connectivity index is 1.39. The summed E-state index contributed by atoms with van der Waals surface area (Å²) >= 11 is 7.49. The molecule has 234 valence electrons. The number of aromatic nitrogens is 1. The Bertz CT molecular complexity index is 1680. The molecule has 3 aromatic rings. The van der Waals surface area contributed by atoms with E-state index in [0.29, 0.717) is 36.5 Å². The van der Waals surface area contributed by atoms with Gasteiger partial charge < -0.3 is 19.3 Å². The Hall–Kier alpha value is -3.23. The third kappa shape index (κ3) is 5.24. The van der Waals surface area contributed by atoms with Crippen LogP contribution in [0.25, 0.3) is 0 Å². The molecule has 2 saturated heterocycles. The summed E-state index contributed by atoms with van der Waals surface area (Å²) in [6.45, 7) is 6.00. The fourth-order valence-corrected chi connectivity index (χ4v) is 9.26. The van der Waals surface area contributed by atoms with Gasteiger partial charge in [0.15, 0.2) is 0 Å². The highest BCUT2D eigenvalue weighted by atomic mass is 35.5. The second-order valence-electron chi connectivity index (χ2n) is 11.3. The number of carbonyl (C=O) groups excluding carboxylic acids is 2. The Morgan fingerprint density at radius 2 is 1.77 bits per heavy atom. The normalized spacial score (nSPS) is 21.9. The van der Waals surface area contributed by atoms with Gasteiger partial charge in [0.25, 0.3) is 21.5 Å². The van der Waals surface area contributed by atoms with Gasteiger partial charge in [-0.25, -0.2) is 9.78 Å². The number of methoxy groups -OCH3 is 1. The van der Waals surface area contributed by atoms with Crippen molar-refractivity contribution in [2.75, 3.05) is 57.7 Å². The molecular weight excluding hydrogens is 626 g/mol. The lowest BCUT2D eigenvalue weighted by molar-refractivity contribution is -0.132. The molecule has 5 heterocycles. The molecule has 1 aromatic carbocycles. The van der Waals surface area contributed by atoms with Gasteiger partial charge >= 0.3 is 6.09 Å². The molecule has 1 atom stereocenters. The number of aryl methyl sites for hydroxylation is 1. The quantitative estimate of drug-likeness (QED) is 0.388. The Labute approximate surface area is 266 Å². The van der Waals surface area contributed by atoms with E-state index in [0.717, 1.165) is 42.1 Å². The molecule has 2 amide bonds. The van der Waals surface area contributed by atoms with Crippen LogP contribution in [0.2, 0.25) is 5.02 Å². The first-order chi connectivity index (χ1) is 21.1. The van der Waals surface area contributed by atoms with Crippen LogP contribution in [-0.2, 0) is 25.2 Å². The van der Waals surface area contributed by atoms with Crippen molar-refractivity contribution >= 4 is 50.6 Å². The Morgan fingerprint density at radius 1 is 1.05 bits per heavy atom. The van der Waals surface area contributed by atoms with E-state index >= 15 is 0 Å². The summed E-state index contributed by atoms with van der Waals surface area (Å²) in [5, 5.41) is 0.234. The number of benzene rings is 1. The number of pyridine rings is 1. The lowest BCUT2D eigenvalue weighted by Gasteiger charge is -2.42. The standard InChI is InChI=1S/C30H34ClN5O6S2/c1-20-6-9-26(43-20)44(39,40)36-25-8-7-21(31)19-24(25)30(28(36)37,23-5-4-12-32-27(23)41-3)42-29(38)35-17-15-34(16-18-35)22-10-13-33(2)14-11-22/h4-9,12,19,22H,10-11,13-18H2,1-3H3. The molecule has 2 aromatic heterocycles. The van der Waals surface area contributed by atoms with Gasteiger partial charge in [-0.15, -0.1) is 11.3 Å². The molecule has 2 fully saturated rings. The van der Waals surface area contributed by atoms with Crippen LogP contribution in [0.1, 0.15) is 28.8 Å². The van der Waals surface area contributed by atoms with Gasteiger partial charge in [0.1, 0.15) is 4.21 Å². The van der Waals surface area contributed by atoms with E-state index in [-0.39, 0.29) is 31.9 Å². The first-order valence-electron chi connectivity index (χ1n) is 14.4. The molecule has 14 heteroatoms. The topological polar surface area (TPSA) is 113 Å². The van der Waals surface area contributed by atoms with E-state index in [1.807, 2.05) is 0 Å². The zero-order chi connectivity index (χ0) is 31.2. The number of carbonyl (C=O) groups is 2. The van der Waals surface area contributed by atoms with Crippen molar-refractivity contribution in [1.82, 2.24) is 19.7 Å². The molecule has 1 unspecified atom stereocenters. The minimum Gasteiger partial charge on any atom is -0.481 e. The molecule has 0 N–H and O–H groups in total. The zero-order valence-electron chi connectivity index (χ0n) is 24.7. The Morgan fingerprint density at radius 3 is 2.43 bits per heavy atom. The van der Waals surface area contributed by atoms with Crippen molar-refractivity contribution in [3.05, 3.63) is 69.7 Å². The maximum absolute atomic E-state index is 14.7. The minimum absolute atomic E-state index is 0.0119. The Kier molecular flexibility index (Phi) is 8.35. The summed E-state index contributed by atoms with van der Waals surface area (Å²) in [5.74, 6) is -0.969. The smallest absolute Gasteiger partial charge is 0.411 e. The summed E-state index contributed by atoms with van der Waals surface area (Å²) in [6.07, 6.45) is 2.88. The van der Waals surface area contributed by atoms with Crippen LogP contribution in [0.5, 0.6) is 5.88 Å². The number of halogens is 1. The van der Waals surface area contributed by atoms with Gasteiger partial charge in [0, 0.05) is 53.9 Å². The van der Waals surface area contributed by atoms with Crippen LogP contribution < -0.4 is 9.04 Å². The number of rotatable bonds is 6. The van der Waals surface area contributed by atoms with Gasteiger partial charge in [-0.05, 0) is 82.4 Å². The number of amides is 2. The van der Waals surface area contributed by atoms with Gasteiger partial charge in [-0.1, -0.05) is 11.6 Å². The van der Waals surface area contributed by atoms with Crippen molar-refractivity contribution in [2.24, 2.45) is 0 Å². The number of likely N-dealkylation sites (tertiary alicyclic amines) is 1. The zero-order valence-corrected chi connectivity index (χ0v) is 27.1. The third-order valence-electron chi connectivity index (χ3n) is 8.61. The summed E-state index contributed by atoms with van der Waals surface area (Å²) in [5.41, 5.74) is -2.00. The fraction of sp³-hybridized carbons (Fsp3) is 0.433. The van der Waals surface area contributed by atoms with Crippen LogP contribution in [-0.4, -0.2) is 99.6 Å². The SMILES string of the molecule is COc1ncccc1C1(OC(=O)N2CCN(C3CCN(C)CC3)CC2)C(=O)N(S(=O)(=O)c2ccc(C)s2)c2ccc(Cl)cc21. The number of piperazine rings is 1. The van der Waals surface area contributed by atoms with Crippen LogP contribution in [0, 0.1) is 6.92 Å². The van der Waals surface area contributed by atoms with Crippen molar-refractivity contribution in [1.29, 1.82) is 0 Å². The predicted octanol–water partition coefficient (Wildman–Crippen LogP) is 3.94. The highest BCUT2D eigenvalue weighted by molar-refractivity contribution is 7.95. The van der Waals surface area contributed by atoms with Crippen molar-refractivity contribution < 1.29 is 27.5 Å². The van der Waals surface area contributed by atoms with Gasteiger partial charge in [-0.3, -0.25) is 9.69 Å². The fourth-order valence-electron chi connectivity index (χ4n) is 6.27. The van der Waals surface area contributed by atoms with Crippen molar-refractivity contribution in [3.63, 3.8) is 0 Å². The van der Waals surface area contributed by atoms with Crippen LogP contribution in [0.4, 0.5) is 10.5 Å². The van der Waals surface area contributed by atoms with Crippen molar-refractivity contribution in [2.45, 2.75) is 35.6 Å². The second kappa shape index (κ2) is 11.9. The molecule has 11 nitrogen and oxygen atoms in total. The van der Waals surface area contributed by atoms with Crippen LogP contribution in [0.15, 0.2) is 52.9 Å². The number of thiophene rings is 1. The molecule has 3 aliphatic rings. The van der Waals surface area contributed by atoms with E-state index in [9.17, 15) is 18.0 Å². The van der Waals surface area contributed by atoms with E-state index in [2.05, 4.69) is 21.8 Å². The van der Waals surface area contributed by atoms with Crippen LogP contribution in [0.3, 0.4) is 0 Å². The second-order valence-corrected chi connectivity index (χ2v) is 15.0. The van der Waals surface area contributed by atoms with E-state index in [1.54, 1.807) is 30.0 Å². The highest BCUT2D eigenvalue weighted by Gasteiger charge is 2.61. The predicted molar refractivity (Wildman–Crippen MR) is 167 cm³/mol. The van der Waals surface area contributed by atoms with Crippen LogP contribution >= 0.6 is 22.9 Å². The summed E-state index contributed by atoms with van der Waals surface area (Å²) < 4.78 is 40.6. The maximum atomic E-state index is 14.7. The number of sulfonamides is 1. The van der Waals surface area contributed by atoms with Crippen molar-refractivity contribution in [3.8, 4) is 5.88 Å². The molecule has 6 rings (SSSR count). The molecule has 0 spiro atoms. The summed E-state index contributed by atoms with van der Waals surface area (Å²) in [6, 6.07) is 11.1. The van der Waals surface area contributed by atoms with E-state index < -0.39 is 27.6 Å². The summed E-state index contributed by atoms with van der Waals surface area (Å²) in [7, 11) is -0.888. The molecule has 0 aliphatic carbocycles. The van der Waals surface area contributed by atoms with Gasteiger partial charge in [0.05, 0.1) is 18.4 Å².